The third kappa shape index (κ3) is 3.67. The molecule has 6 nitrogen and oxygen atoms in total. The molecule has 0 fully saturated rings. The van der Waals surface area contributed by atoms with Crippen LogP contribution in [0, 0.1) is 5.92 Å². The molecule has 0 bridgehead atoms. The van der Waals surface area contributed by atoms with E-state index >= 15 is 0 Å². The van der Waals surface area contributed by atoms with Crippen molar-refractivity contribution in [2.45, 2.75) is 24.5 Å². The highest BCUT2D eigenvalue weighted by atomic mass is 35.5. The first-order chi connectivity index (χ1) is 16.4. The van der Waals surface area contributed by atoms with Gasteiger partial charge < -0.3 is 14.6 Å². The molecular formula is C27H28ClN5O. The molecule has 3 atom stereocenters. The van der Waals surface area contributed by atoms with Gasteiger partial charge in [-0.3, -0.25) is 9.98 Å². The number of hydrogen-bond donors (Lipinski definition) is 1. The van der Waals surface area contributed by atoms with Crippen molar-refractivity contribution in [3.63, 3.8) is 0 Å². The number of aliphatic imine (C=N–C) groups is 1. The summed E-state index contributed by atoms with van der Waals surface area (Å²) < 4.78 is 1.84. The van der Waals surface area contributed by atoms with Gasteiger partial charge >= 0.3 is 0 Å². The highest BCUT2D eigenvalue weighted by molar-refractivity contribution is 6.41. The normalized spacial score (nSPS) is 21.9. The number of rotatable bonds is 4. The fourth-order valence-corrected chi connectivity index (χ4v) is 5.46. The number of hydrogen-bond acceptors (Lipinski definition) is 5. The fraction of sp³-hybridized carbons (Fsp3) is 0.296. The molecule has 0 radical (unpaired) electrons. The Kier molecular flexibility index (Phi) is 5.88. The molecule has 1 aliphatic heterocycles. The van der Waals surface area contributed by atoms with Gasteiger partial charge in [-0.05, 0) is 36.1 Å². The lowest BCUT2D eigenvalue weighted by Crippen LogP contribution is -2.40. The monoisotopic (exact) mass is 473 g/mol. The molecule has 5 rings (SSSR count). The number of amidine groups is 1. The van der Waals surface area contributed by atoms with Crippen LogP contribution in [0.15, 0.2) is 88.9 Å². The van der Waals surface area contributed by atoms with E-state index in [4.69, 9.17) is 16.6 Å². The van der Waals surface area contributed by atoms with Crippen molar-refractivity contribution in [3.8, 4) is 0 Å². The van der Waals surface area contributed by atoms with E-state index in [1.807, 2.05) is 67.0 Å². The summed E-state index contributed by atoms with van der Waals surface area (Å²) in [6.45, 7) is 0. The smallest absolute Gasteiger partial charge is 0.169 e. The number of pyridine rings is 1. The molecule has 2 aliphatic rings. The van der Waals surface area contributed by atoms with Crippen LogP contribution in [0.1, 0.15) is 29.8 Å². The number of benzene rings is 1. The van der Waals surface area contributed by atoms with E-state index in [-0.39, 0.29) is 12.0 Å². The van der Waals surface area contributed by atoms with Crippen LogP contribution in [0.3, 0.4) is 0 Å². The standard InChI is InChI=1S/C27H28ClN5O/c1-32(2)26-24(18-9-5-4-6-10-18)25(28)20-15-19(12-13-21(20)31-26)27(34,22-11-7-8-14-30-22)23-16-29-17-33(23)3/h4-12,14,16-17,20-21,34H,13,15H2,1-3H3. The molecule has 3 unspecified atom stereocenters. The Morgan fingerprint density at radius 2 is 1.88 bits per heavy atom. The topological polar surface area (TPSA) is 66.5 Å². The van der Waals surface area contributed by atoms with Gasteiger partial charge in [-0.1, -0.05) is 54.1 Å². The largest absolute Gasteiger partial charge is 0.373 e. The Morgan fingerprint density at radius 1 is 1.12 bits per heavy atom. The van der Waals surface area contributed by atoms with Crippen LogP contribution >= 0.6 is 11.6 Å². The van der Waals surface area contributed by atoms with Gasteiger partial charge in [-0.2, -0.15) is 0 Å². The summed E-state index contributed by atoms with van der Waals surface area (Å²) in [6.07, 6.45) is 8.47. The number of imidazole rings is 1. The zero-order chi connectivity index (χ0) is 23.9. The van der Waals surface area contributed by atoms with Gasteiger partial charge in [0.05, 0.1) is 30.0 Å². The van der Waals surface area contributed by atoms with Crippen LogP contribution in [0.2, 0.25) is 0 Å². The SMILES string of the molecule is CN(C)C1=NC2CC=C(C(O)(c3ccccn3)c3cncn3C)CC2C(Cl)=C1c1ccccc1. The number of likely N-dealkylation sites (N-methyl/N-ethyl adjacent to an activating group) is 1. The number of aryl methyl sites for hydroxylation is 1. The van der Waals surface area contributed by atoms with Gasteiger partial charge in [-0.15, -0.1) is 0 Å². The van der Waals surface area contributed by atoms with Crippen molar-refractivity contribution in [2.24, 2.45) is 18.0 Å². The summed E-state index contributed by atoms with van der Waals surface area (Å²) in [7, 11) is 5.88. The van der Waals surface area contributed by atoms with E-state index in [2.05, 4.69) is 28.2 Å². The second-order valence-electron chi connectivity index (χ2n) is 9.09. The molecule has 34 heavy (non-hydrogen) atoms. The van der Waals surface area contributed by atoms with Crippen LogP contribution in [0.25, 0.3) is 5.57 Å². The Balaban J connectivity index is 1.62. The Morgan fingerprint density at radius 3 is 2.53 bits per heavy atom. The van der Waals surface area contributed by atoms with Crippen molar-refractivity contribution in [2.75, 3.05) is 14.1 Å². The summed E-state index contributed by atoms with van der Waals surface area (Å²) in [6, 6.07) is 15.8. The molecule has 0 amide bonds. The zero-order valence-electron chi connectivity index (χ0n) is 19.6. The number of fused-ring (bicyclic) bond motifs is 1. The van der Waals surface area contributed by atoms with E-state index in [1.165, 1.54) is 0 Å². The highest BCUT2D eigenvalue weighted by Gasteiger charge is 2.45. The molecule has 174 valence electrons. The van der Waals surface area contributed by atoms with Crippen LogP contribution in [0.4, 0.5) is 0 Å². The van der Waals surface area contributed by atoms with Crippen LogP contribution in [0.5, 0.6) is 0 Å². The number of aliphatic hydroxyl groups is 1. The Labute approximate surface area is 205 Å². The number of dihydropyridines is 1. The molecule has 0 spiro atoms. The maximum atomic E-state index is 12.3. The first kappa shape index (κ1) is 22.6. The molecule has 7 heteroatoms. The summed E-state index contributed by atoms with van der Waals surface area (Å²) in [5, 5.41) is 13.0. The number of aromatic nitrogens is 3. The van der Waals surface area contributed by atoms with E-state index in [1.54, 1.807) is 18.7 Å². The minimum absolute atomic E-state index is 0.0145. The lowest BCUT2D eigenvalue weighted by atomic mass is 9.73. The lowest BCUT2D eigenvalue weighted by molar-refractivity contribution is 0.0987. The van der Waals surface area contributed by atoms with E-state index in [0.717, 1.165) is 27.6 Å². The maximum Gasteiger partial charge on any atom is 0.169 e. The summed E-state index contributed by atoms with van der Waals surface area (Å²) in [4.78, 5) is 16.0. The van der Waals surface area contributed by atoms with Crippen molar-refractivity contribution in [1.29, 1.82) is 0 Å². The minimum Gasteiger partial charge on any atom is -0.373 e. The lowest BCUT2D eigenvalue weighted by Gasteiger charge is -2.40. The first-order valence-electron chi connectivity index (χ1n) is 11.4. The number of nitrogens with zero attached hydrogens (tertiary/aromatic N) is 5. The van der Waals surface area contributed by atoms with Crippen molar-refractivity contribution in [1.82, 2.24) is 19.4 Å². The fourth-order valence-electron chi connectivity index (χ4n) is 5.05. The summed E-state index contributed by atoms with van der Waals surface area (Å²) in [5.74, 6) is 0.852. The van der Waals surface area contributed by atoms with Gasteiger partial charge in [0.15, 0.2) is 5.60 Å². The molecule has 3 heterocycles. The average Bonchev–Trinajstić information content (AvgIpc) is 3.30. The molecule has 2 aromatic heterocycles. The molecule has 1 aliphatic carbocycles. The van der Waals surface area contributed by atoms with Gasteiger partial charge in [0, 0.05) is 43.9 Å². The highest BCUT2D eigenvalue weighted by Crippen LogP contribution is 2.47. The first-order valence-corrected chi connectivity index (χ1v) is 11.8. The van der Waals surface area contributed by atoms with Crippen LogP contribution < -0.4 is 0 Å². The second-order valence-corrected chi connectivity index (χ2v) is 9.50. The molecule has 0 saturated carbocycles. The summed E-state index contributed by atoms with van der Waals surface area (Å²) >= 11 is 7.18. The second kappa shape index (κ2) is 8.85. The van der Waals surface area contributed by atoms with E-state index in [0.29, 0.717) is 24.2 Å². The Bertz CT molecular complexity index is 1280. The third-order valence-electron chi connectivity index (χ3n) is 6.76. The Hall–Kier alpha value is -3.22. The van der Waals surface area contributed by atoms with E-state index in [9.17, 15) is 5.11 Å². The molecule has 1 N–H and O–H groups in total. The number of halogens is 1. The molecule has 0 saturated heterocycles. The maximum absolute atomic E-state index is 12.3. The molecule has 1 aromatic carbocycles. The minimum atomic E-state index is -1.41. The van der Waals surface area contributed by atoms with Crippen LogP contribution in [-0.4, -0.2) is 50.5 Å². The third-order valence-corrected chi connectivity index (χ3v) is 7.23. The van der Waals surface area contributed by atoms with Crippen LogP contribution in [-0.2, 0) is 12.6 Å². The van der Waals surface area contributed by atoms with E-state index < -0.39 is 5.60 Å². The van der Waals surface area contributed by atoms with Gasteiger partial charge in [0.2, 0.25) is 0 Å². The van der Waals surface area contributed by atoms with Crippen molar-refractivity contribution >= 4 is 23.0 Å². The molecule has 3 aromatic rings. The van der Waals surface area contributed by atoms with Crippen molar-refractivity contribution in [3.05, 3.63) is 101 Å². The molecular weight excluding hydrogens is 446 g/mol. The van der Waals surface area contributed by atoms with Gasteiger partial charge in [0.1, 0.15) is 5.84 Å². The average molecular weight is 474 g/mol. The van der Waals surface area contributed by atoms with Gasteiger partial charge in [-0.25, -0.2) is 4.98 Å². The summed E-state index contributed by atoms with van der Waals surface area (Å²) in [5.41, 5.74) is 2.70. The predicted octanol–water partition coefficient (Wildman–Crippen LogP) is 4.38. The predicted molar refractivity (Wildman–Crippen MR) is 135 cm³/mol. The quantitative estimate of drug-likeness (QED) is 0.571. The zero-order valence-corrected chi connectivity index (χ0v) is 20.3. The van der Waals surface area contributed by atoms with Gasteiger partial charge in [0.25, 0.3) is 0 Å². The van der Waals surface area contributed by atoms with Crippen molar-refractivity contribution < 1.29 is 5.11 Å².